The molecule has 1 aliphatic heterocycles. The molecule has 3 rings (SSSR count). The van der Waals surface area contributed by atoms with Gasteiger partial charge in [0, 0.05) is 38.1 Å². The molecule has 1 amide bonds. The zero-order chi connectivity index (χ0) is 21.0. The van der Waals surface area contributed by atoms with Gasteiger partial charge in [-0.1, -0.05) is 11.6 Å². The molecule has 2 aromatic rings. The topological polar surface area (TPSA) is 57.7 Å². The van der Waals surface area contributed by atoms with Gasteiger partial charge in [-0.2, -0.15) is 13.2 Å². The van der Waals surface area contributed by atoms with Crippen molar-refractivity contribution >= 4 is 29.0 Å². The van der Waals surface area contributed by atoms with Crippen LogP contribution in [-0.2, 0) is 11.0 Å². The number of amides is 1. The van der Waals surface area contributed by atoms with Crippen LogP contribution in [0.4, 0.5) is 24.7 Å². The van der Waals surface area contributed by atoms with Gasteiger partial charge >= 0.3 is 6.18 Å². The van der Waals surface area contributed by atoms with Crippen molar-refractivity contribution in [3.05, 3.63) is 47.1 Å². The number of nitrogens with zero attached hydrogens (tertiary/aromatic N) is 3. The van der Waals surface area contributed by atoms with Crippen molar-refractivity contribution < 1.29 is 22.7 Å². The van der Waals surface area contributed by atoms with Crippen molar-refractivity contribution in [1.29, 1.82) is 0 Å². The molecule has 0 bridgehead atoms. The van der Waals surface area contributed by atoms with Crippen LogP contribution < -0.4 is 15.0 Å². The number of ether oxygens (including phenoxy) is 1. The zero-order valence-corrected chi connectivity index (χ0v) is 16.4. The maximum atomic E-state index is 12.7. The molecule has 29 heavy (non-hydrogen) atoms. The molecule has 2 heterocycles. The lowest BCUT2D eigenvalue weighted by Crippen LogP contribution is -2.49. The lowest BCUT2D eigenvalue weighted by molar-refractivity contribution is -0.137. The van der Waals surface area contributed by atoms with Gasteiger partial charge in [0.15, 0.2) is 0 Å². The monoisotopic (exact) mass is 428 g/mol. The molecule has 10 heteroatoms. The van der Waals surface area contributed by atoms with Gasteiger partial charge in [-0.15, -0.1) is 0 Å². The number of hydrogen-bond acceptors (Lipinski definition) is 5. The Morgan fingerprint density at radius 2 is 1.86 bits per heavy atom. The summed E-state index contributed by atoms with van der Waals surface area (Å²) in [6, 6.07) is 7.92. The van der Waals surface area contributed by atoms with E-state index in [0.717, 1.165) is 12.3 Å². The highest BCUT2D eigenvalue weighted by Gasteiger charge is 2.32. The smallest absolute Gasteiger partial charge is 0.417 e. The summed E-state index contributed by atoms with van der Waals surface area (Å²) < 4.78 is 43.3. The molecule has 0 atom stereocenters. The number of aromatic nitrogens is 1. The number of pyridine rings is 1. The molecule has 1 N–H and O–H groups in total. The van der Waals surface area contributed by atoms with E-state index in [-0.39, 0.29) is 17.5 Å². The lowest BCUT2D eigenvalue weighted by Gasteiger charge is -2.35. The summed E-state index contributed by atoms with van der Waals surface area (Å²) in [5.74, 6) is 0.881. The van der Waals surface area contributed by atoms with Crippen LogP contribution in [0.25, 0.3) is 0 Å². The Bertz CT molecular complexity index is 854. The van der Waals surface area contributed by atoms with Gasteiger partial charge in [0.25, 0.3) is 0 Å². The molecule has 1 saturated heterocycles. The zero-order valence-electron chi connectivity index (χ0n) is 15.7. The Hall–Kier alpha value is -2.52. The fourth-order valence-corrected chi connectivity index (χ4v) is 3.30. The lowest BCUT2D eigenvalue weighted by atomic mass is 10.2. The van der Waals surface area contributed by atoms with Gasteiger partial charge in [0.1, 0.15) is 11.6 Å². The molecule has 0 unspecified atom stereocenters. The van der Waals surface area contributed by atoms with E-state index >= 15 is 0 Å². The average Bonchev–Trinajstić information content (AvgIpc) is 2.68. The minimum absolute atomic E-state index is 0.0366. The molecule has 0 saturated carbocycles. The van der Waals surface area contributed by atoms with E-state index < -0.39 is 11.7 Å². The second-order valence-electron chi connectivity index (χ2n) is 6.57. The van der Waals surface area contributed by atoms with Gasteiger partial charge in [0.2, 0.25) is 5.91 Å². The van der Waals surface area contributed by atoms with Gasteiger partial charge in [-0.3, -0.25) is 9.69 Å². The van der Waals surface area contributed by atoms with Crippen LogP contribution in [0.15, 0.2) is 36.5 Å². The second-order valence-corrected chi connectivity index (χ2v) is 6.97. The number of piperazine rings is 1. The number of benzene rings is 1. The Morgan fingerprint density at radius 3 is 2.41 bits per heavy atom. The van der Waals surface area contributed by atoms with E-state index in [1.54, 1.807) is 31.4 Å². The molecule has 1 aromatic carbocycles. The Morgan fingerprint density at radius 1 is 1.21 bits per heavy atom. The van der Waals surface area contributed by atoms with Crippen molar-refractivity contribution in [1.82, 2.24) is 9.88 Å². The third-order valence-electron chi connectivity index (χ3n) is 4.56. The SMILES string of the molecule is COc1ccc(NC(=O)CN2CCN(c3ncc(C(F)(F)F)cc3Cl)CC2)cc1. The number of anilines is 2. The minimum Gasteiger partial charge on any atom is -0.497 e. The Kier molecular flexibility index (Phi) is 6.49. The first kappa shape index (κ1) is 21.2. The number of rotatable bonds is 5. The number of halogens is 4. The van der Waals surface area contributed by atoms with Gasteiger partial charge < -0.3 is 15.0 Å². The number of carbonyl (C=O) groups excluding carboxylic acids is 1. The number of carbonyl (C=O) groups is 1. The maximum absolute atomic E-state index is 12.7. The quantitative estimate of drug-likeness (QED) is 0.789. The summed E-state index contributed by atoms with van der Waals surface area (Å²) in [5, 5.41) is 2.79. The van der Waals surface area contributed by atoms with Crippen LogP contribution in [-0.4, -0.2) is 55.6 Å². The van der Waals surface area contributed by atoms with Crippen LogP contribution in [0.2, 0.25) is 5.02 Å². The summed E-state index contributed by atoms with van der Waals surface area (Å²) in [5.41, 5.74) is -0.199. The van der Waals surface area contributed by atoms with E-state index in [2.05, 4.69) is 10.3 Å². The maximum Gasteiger partial charge on any atom is 0.417 e. The fourth-order valence-electron chi connectivity index (χ4n) is 3.01. The number of hydrogen-bond donors (Lipinski definition) is 1. The highest BCUT2D eigenvalue weighted by molar-refractivity contribution is 6.33. The molecule has 1 fully saturated rings. The molecule has 1 aromatic heterocycles. The largest absolute Gasteiger partial charge is 0.497 e. The first-order valence-electron chi connectivity index (χ1n) is 8.90. The van der Waals surface area contributed by atoms with Crippen LogP contribution in [0.3, 0.4) is 0 Å². The Balaban J connectivity index is 1.51. The summed E-state index contributed by atoms with van der Waals surface area (Å²) in [6.07, 6.45) is -3.69. The van der Waals surface area contributed by atoms with Crippen LogP contribution in [0, 0.1) is 0 Å². The predicted molar refractivity (Wildman–Crippen MR) is 105 cm³/mol. The second kappa shape index (κ2) is 8.87. The average molecular weight is 429 g/mol. The molecular weight excluding hydrogens is 409 g/mol. The normalized spacial score (nSPS) is 15.3. The molecule has 0 radical (unpaired) electrons. The number of nitrogens with one attached hydrogen (secondary N) is 1. The number of methoxy groups -OCH3 is 1. The van der Waals surface area contributed by atoms with Crippen LogP contribution >= 0.6 is 11.6 Å². The van der Waals surface area contributed by atoms with E-state index in [0.29, 0.717) is 43.4 Å². The van der Waals surface area contributed by atoms with E-state index in [4.69, 9.17) is 16.3 Å². The van der Waals surface area contributed by atoms with Crippen LogP contribution in [0.1, 0.15) is 5.56 Å². The predicted octanol–water partition coefficient (Wildman–Crippen LogP) is 3.52. The standard InChI is InChI=1S/C19H20ClF3N4O2/c1-29-15-4-2-14(3-5-15)25-17(28)12-26-6-8-27(9-7-26)18-16(20)10-13(11-24-18)19(21,22)23/h2-5,10-11H,6-9,12H2,1H3,(H,25,28). The van der Waals surface area contributed by atoms with Crippen LogP contribution in [0.5, 0.6) is 5.75 Å². The molecule has 1 aliphatic rings. The van der Waals surface area contributed by atoms with E-state index in [9.17, 15) is 18.0 Å². The third-order valence-corrected chi connectivity index (χ3v) is 4.84. The van der Waals surface area contributed by atoms with E-state index in [1.165, 1.54) is 0 Å². The van der Waals surface area contributed by atoms with E-state index in [1.807, 2.05) is 9.80 Å². The minimum atomic E-state index is -4.48. The summed E-state index contributed by atoms with van der Waals surface area (Å²) >= 11 is 6.01. The fraction of sp³-hybridized carbons (Fsp3) is 0.368. The van der Waals surface area contributed by atoms with Crippen molar-refractivity contribution in [3.8, 4) is 5.75 Å². The number of alkyl halides is 3. The van der Waals surface area contributed by atoms with Gasteiger partial charge in [-0.25, -0.2) is 4.98 Å². The highest BCUT2D eigenvalue weighted by atomic mass is 35.5. The van der Waals surface area contributed by atoms with Gasteiger partial charge in [-0.05, 0) is 30.3 Å². The van der Waals surface area contributed by atoms with Crippen molar-refractivity contribution in [2.75, 3.05) is 50.1 Å². The third kappa shape index (κ3) is 5.51. The van der Waals surface area contributed by atoms with Crippen molar-refractivity contribution in [3.63, 3.8) is 0 Å². The summed E-state index contributed by atoms with van der Waals surface area (Å²) in [6.45, 7) is 2.36. The molecule has 0 spiro atoms. The van der Waals surface area contributed by atoms with Crippen molar-refractivity contribution in [2.45, 2.75) is 6.18 Å². The summed E-state index contributed by atoms with van der Waals surface area (Å²) in [4.78, 5) is 19.9. The first-order valence-corrected chi connectivity index (χ1v) is 9.28. The van der Waals surface area contributed by atoms with Crippen molar-refractivity contribution in [2.24, 2.45) is 0 Å². The molecule has 6 nitrogen and oxygen atoms in total. The molecule has 0 aliphatic carbocycles. The molecular formula is C19H20ClF3N4O2. The summed E-state index contributed by atoms with van der Waals surface area (Å²) in [7, 11) is 1.57. The van der Waals surface area contributed by atoms with Gasteiger partial charge in [0.05, 0.1) is 24.2 Å². The highest BCUT2D eigenvalue weighted by Crippen LogP contribution is 2.33. The first-order chi connectivity index (χ1) is 13.8. The molecule has 156 valence electrons. The Labute approximate surface area is 171 Å².